The van der Waals surface area contributed by atoms with Crippen molar-refractivity contribution in [2.24, 2.45) is 0 Å². The fourth-order valence-electron chi connectivity index (χ4n) is 2.16. The molecule has 0 atom stereocenters. The first kappa shape index (κ1) is 15.8. The number of nitrogens with zero attached hydrogens (tertiary/aromatic N) is 2. The standard InChI is InChI=1S/C15H20ClN3O2/c1-15(2,3)11-8-10(9-12(16)18-11)14(21)19-6-4-13(20)17-5-7-19/h8-9H,4-7H2,1-3H3,(H,17,20). The van der Waals surface area contributed by atoms with E-state index < -0.39 is 0 Å². The Balaban J connectivity index is 2.26. The van der Waals surface area contributed by atoms with E-state index in [1.807, 2.05) is 20.8 Å². The molecule has 0 radical (unpaired) electrons. The summed E-state index contributed by atoms with van der Waals surface area (Å²) < 4.78 is 0. The molecule has 21 heavy (non-hydrogen) atoms. The van der Waals surface area contributed by atoms with Crippen LogP contribution in [-0.4, -0.2) is 41.3 Å². The van der Waals surface area contributed by atoms with Crippen LogP contribution < -0.4 is 5.32 Å². The maximum absolute atomic E-state index is 12.6. The molecule has 5 nitrogen and oxygen atoms in total. The third kappa shape index (κ3) is 3.94. The molecule has 2 amide bonds. The maximum atomic E-state index is 12.6. The highest BCUT2D eigenvalue weighted by molar-refractivity contribution is 6.29. The minimum absolute atomic E-state index is 0.0200. The van der Waals surface area contributed by atoms with Crippen molar-refractivity contribution in [2.45, 2.75) is 32.6 Å². The lowest BCUT2D eigenvalue weighted by Crippen LogP contribution is -2.34. The molecule has 2 rings (SSSR count). The van der Waals surface area contributed by atoms with Crippen LogP contribution in [0, 0.1) is 0 Å². The lowest BCUT2D eigenvalue weighted by atomic mass is 9.91. The van der Waals surface area contributed by atoms with Crippen LogP contribution in [0.4, 0.5) is 0 Å². The minimum atomic E-state index is -0.184. The van der Waals surface area contributed by atoms with Gasteiger partial charge in [-0.05, 0) is 12.1 Å². The molecule has 1 N–H and O–H groups in total. The van der Waals surface area contributed by atoms with Gasteiger partial charge < -0.3 is 10.2 Å². The average Bonchev–Trinajstić information content (AvgIpc) is 2.61. The zero-order valence-corrected chi connectivity index (χ0v) is 13.3. The number of rotatable bonds is 1. The van der Waals surface area contributed by atoms with E-state index in [-0.39, 0.29) is 17.2 Å². The molecule has 1 aliphatic rings. The second-order valence-electron chi connectivity index (χ2n) is 6.21. The Hall–Kier alpha value is -1.62. The van der Waals surface area contributed by atoms with Crippen molar-refractivity contribution >= 4 is 23.4 Å². The fourth-order valence-corrected chi connectivity index (χ4v) is 2.37. The number of carbonyl (C=O) groups is 2. The third-order valence-corrected chi connectivity index (χ3v) is 3.60. The Morgan fingerprint density at radius 3 is 2.71 bits per heavy atom. The van der Waals surface area contributed by atoms with Crippen LogP contribution in [-0.2, 0) is 10.2 Å². The lowest BCUT2D eigenvalue weighted by molar-refractivity contribution is -0.120. The SMILES string of the molecule is CC(C)(C)c1cc(C(=O)N2CCNC(=O)CC2)cc(Cl)n1. The van der Waals surface area contributed by atoms with Gasteiger partial charge in [-0.1, -0.05) is 32.4 Å². The van der Waals surface area contributed by atoms with Crippen molar-refractivity contribution < 1.29 is 9.59 Å². The number of nitrogens with one attached hydrogen (secondary N) is 1. The Labute approximate surface area is 129 Å². The largest absolute Gasteiger partial charge is 0.354 e. The fraction of sp³-hybridized carbons (Fsp3) is 0.533. The van der Waals surface area contributed by atoms with Crippen LogP contribution in [0.1, 0.15) is 43.2 Å². The number of pyridine rings is 1. The molecule has 0 bridgehead atoms. The van der Waals surface area contributed by atoms with Gasteiger partial charge in [0.1, 0.15) is 5.15 Å². The molecule has 0 aliphatic carbocycles. The van der Waals surface area contributed by atoms with E-state index in [1.165, 1.54) is 0 Å². The molecule has 1 aromatic heterocycles. The average molecular weight is 310 g/mol. The molecular formula is C15H20ClN3O2. The Bertz CT molecular complexity index is 567. The first-order valence-corrected chi connectivity index (χ1v) is 7.39. The molecule has 1 fully saturated rings. The predicted molar refractivity (Wildman–Crippen MR) is 81.5 cm³/mol. The van der Waals surface area contributed by atoms with Crippen LogP contribution in [0.5, 0.6) is 0 Å². The van der Waals surface area contributed by atoms with E-state index in [2.05, 4.69) is 10.3 Å². The van der Waals surface area contributed by atoms with E-state index in [0.29, 0.717) is 36.8 Å². The quantitative estimate of drug-likeness (QED) is 0.807. The summed E-state index contributed by atoms with van der Waals surface area (Å²) in [4.78, 5) is 29.9. The highest BCUT2D eigenvalue weighted by Crippen LogP contribution is 2.24. The van der Waals surface area contributed by atoms with E-state index in [4.69, 9.17) is 11.6 Å². The van der Waals surface area contributed by atoms with Gasteiger partial charge in [-0.3, -0.25) is 9.59 Å². The van der Waals surface area contributed by atoms with Crippen LogP contribution in [0.15, 0.2) is 12.1 Å². The number of carbonyl (C=O) groups excluding carboxylic acids is 2. The van der Waals surface area contributed by atoms with Gasteiger partial charge >= 0.3 is 0 Å². The van der Waals surface area contributed by atoms with Crippen molar-refractivity contribution in [1.82, 2.24) is 15.2 Å². The molecule has 1 aromatic rings. The molecular weight excluding hydrogens is 290 g/mol. The van der Waals surface area contributed by atoms with Gasteiger partial charge in [-0.2, -0.15) is 0 Å². The first-order valence-electron chi connectivity index (χ1n) is 7.01. The molecule has 0 aromatic carbocycles. The smallest absolute Gasteiger partial charge is 0.254 e. The highest BCUT2D eigenvalue weighted by atomic mass is 35.5. The maximum Gasteiger partial charge on any atom is 0.254 e. The number of aromatic nitrogens is 1. The molecule has 1 aliphatic heterocycles. The topological polar surface area (TPSA) is 62.3 Å². The lowest BCUT2D eigenvalue weighted by Gasteiger charge is -2.22. The van der Waals surface area contributed by atoms with Crippen LogP contribution in [0.2, 0.25) is 5.15 Å². The zero-order chi connectivity index (χ0) is 15.6. The summed E-state index contributed by atoms with van der Waals surface area (Å²) in [5.74, 6) is -0.130. The molecule has 6 heteroatoms. The third-order valence-electron chi connectivity index (χ3n) is 3.41. The summed E-state index contributed by atoms with van der Waals surface area (Å²) in [5, 5.41) is 3.07. The van der Waals surface area contributed by atoms with Gasteiger partial charge in [0.15, 0.2) is 0 Å². The van der Waals surface area contributed by atoms with Gasteiger partial charge in [-0.25, -0.2) is 4.98 Å². The Morgan fingerprint density at radius 1 is 1.33 bits per heavy atom. The zero-order valence-electron chi connectivity index (χ0n) is 12.6. The van der Waals surface area contributed by atoms with Crippen LogP contribution in [0.25, 0.3) is 0 Å². The van der Waals surface area contributed by atoms with Gasteiger partial charge in [0, 0.05) is 42.7 Å². The molecule has 1 saturated heterocycles. The number of halogens is 1. The molecule has 0 unspecified atom stereocenters. The van der Waals surface area contributed by atoms with Crippen molar-refractivity contribution in [2.75, 3.05) is 19.6 Å². The monoisotopic (exact) mass is 309 g/mol. The van der Waals surface area contributed by atoms with Crippen molar-refractivity contribution in [1.29, 1.82) is 0 Å². The van der Waals surface area contributed by atoms with Crippen molar-refractivity contribution in [3.8, 4) is 0 Å². The summed E-state index contributed by atoms with van der Waals surface area (Å²) in [7, 11) is 0. The second-order valence-corrected chi connectivity index (χ2v) is 6.59. The van der Waals surface area contributed by atoms with Gasteiger partial charge in [-0.15, -0.1) is 0 Å². The van der Waals surface area contributed by atoms with Gasteiger partial charge in [0.2, 0.25) is 5.91 Å². The Kier molecular flexibility index (Phi) is 4.52. The second kappa shape index (κ2) is 6.02. The minimum Gasteiger partial charge on any atom is -0.354 e. The summed E-state index contributed by atoms with van der Waals surface area (Å²) in [6.45, 7) is 7.48. The molecule has 0 saturated carbocycles. The molecule has 2 heterocycles. The van der Waals surface area contributed by atoms with E-state index in [0.717, 1.165) is 5.69 Å². The summed E-state index contributed by atoms with van der Waals surface area (Å²) in [6.07, 6.45) is 0.330. The number of amides is 2. The molecule has 114 valence electrons. The van der Waals surface area contributed by atoms with Crippen LogP contribution in [0.3, 0.4) is 0 Å². The summed E-state index contributed by atoms with van der Waals surface area (Å²) in [5.41, 5.74) is 1.12. The first-order chi connectivity index (χ1) is 9.77. The normalized spacial score (nSPS) is 16.4. The number of hydrogen-bond donors (Lipinski definition) is 1. The van der Waals surface area contributed by atoms with E-state index >= 15 is 0 Å². The molecule has 0 spiro atoms. The van der Waals surface area contributed by atoms with Gasteiger partial charge in [0.25, 0.3) is 5.91 Å². The van der Waals surface area contributed by atoms with Crippen molar-refractivity contribution in [3.63, 3.8) is 0 Å². The van der Waals surface area contributed by atoms with Gasteiger partial charge in [0.05, 0.1) is 0 Å². The summed E-state index contributed by atoms with van der Waals surface area (Å²) in [6, 6.07) is 3.37. The number of hydrogen-bond acceptors (Lipinski definition) is 3. The Morgan fingerprint density at radius 2 is 2.05 bits per heavy atom. The van der Waals surface area contributed by atoms with E-state index in [9.17, 15) is 9.59 Å². The van der Waals surface area contributed by atoms with Crippen molar-refractivity contribution in [3.05, 3.63) is 28.5 Å². The van der Waals surface area contributed by atoms with E-state index in [1.54, 1.807) is 17.0 Å². The summed E-state index contributed by atoms with van der Waals surface area (Å²) >= 11 is 6.05. The predicted octanol–water partition coefficient (Wildman–Crippen LogP) is 1.99. The highest BCUT2D eigenvalue weighted by Gasteiger charge is 2.23. The van der Waals surface area contributed by atoms with Crippen LogP contribution >= 0.6 is 11.6 Å².